The fraction of sp³-hybridized carbons (Fsp3) is 0.585. The summed E-state index contributed by atoms with van der Waals surface area (Å²) in [6, 6.07) is 16.0. The molecule has 0 bridgehead atoms. The van der Waals surface area contributed by atoms with Gasteiger partial charge in [0.1, 0.15) is 0 Å². The van der Waals surface area contributed by atoms with Crippen LogP contribution in [0.25, 0.3) is 0 Å². The summed E-state index contributed by atoms with van der Waals surface area (Å²) in [6.45, 7) is 32.5. The van der Waals surface area contributed by atoms with Crippen molar-refractivity contribution in [2.24, 2.45) is 0 Å². The van der Waals surface area contributed by atoms with Crippen LogP contribution >= 0.6 is 0 Å². The number of hydrogen-bond donors (Lipinski definition) is 2. The van der Waals surface area contributed by atoms with E-state index in [9.17, 15) is 0 Å². The number of hydrogen-bond acceptors (Lipinski definition) is 4. The summed E-state index contributed by atoms with van der Waals surface area (Å²) in [5.41, 5.74) is 12.5. The Kier molecular flexibility index (Phi) is 21.3. The summed E-state index contributed by atoms with van der Waals surface area (Å²) in [6.07, 6.45) is 2.99. The van der Waals surface area contributed by atoms with Gasteiger partial charge in [0, 0.05) is 50.3 Å². The van der Waals surface area contributed by atoms with Crippen LogP contribution in [-0.4, -0.2) is 36.1 Å². The van der Waals surface area contributed by atoms with Gasteiger partial charge in [-0.2, -0.15) is 0 Å². The number of pyridine rings is 1. The van der Waals surface area contributed by atoms with Crippen molar-refractivity contribution in [2.75, 3.05) is 36.8 Å². The smallest absolute Gasteiger partial charge is 1.00 e. The number of aromatic nitrogens is 1. The molecule has 0 aliphatic rings. The monoisotopic (exact) mass is 741 g/mol. The molecule has 0 saturated heterocycles. The molecule has 4 nitrogen and oxygen atoms in total. The number of halogens is 2. The molecule has 2 aromatic carbocycles. The number of anilines is 2. The molecule has 0 aliphatic heterocycles. The van der Waals surface area contributed by atoms with Gasteiger partial charge in [-0.1, -0.05) is 113 Å². The summed E-state index contributed by atoms with van der Waals surface area (Å²) in [7, 11) is 0. The molecule has 48 heavy (non-hydrogen) atoms. The van der Waals surface area contributed by atoms with Crippen molar-refractivity contribution in [3.05, 3.63) is 87.7 Å². The summed E-state index contributed by atoms with van der Waals surface area (Å²) in [5, 5.41) is 7.83. The zero-order chi connectivity index (χ0) is 33.3. The zero-order valence-corrected chi connectivity index (χ0v) is 34.4. The van der Waals surface area contributed by atoms with Crippen LogP contribution in [0.5, 0.6) is 0 Å². The Morgan fingerprint density at radius 3 is 1.33 bits per heavy atom. The Bertz CT molecular complexity index is 1280. The van der Waals surface area contributed by atoms with Crippen LogP contribution < -0.4 is 35.4 Å². The maximum Gasteiger partial charge on any atom is 2.00 e. The minimum Gasteiger partial charge on any atom is -1.00 e. The first-order valence-corrected chi connectivity index (χ1v) is 17.7. The minimum atomic E-state index is 0. The van der Waals surface area contributed by atoms with Crippen molar-refractivity contribution in [3.63, 3.8) is 0 Å². The molecular formula is C41H64Cl2CoN4. The van der Waals surface area contributed by atoms with Crippen molar-refractivity contribution in [1.82, 2.24) is 9.88 Å². The minimum absolute atomic E-state index is 0. The maximum absolute atomic E-state index is 4.67. The van der Waals surface area contributed by atoms with E-state index in [0.29, 0.717) is 35.5 Å². The molecule has 3 rings (SSSR count). The van der Waals surface area contributed by atoms with Crippen molar-refractivity contribution >= 4 is 11.4 Å². The topological polar surface area (TPSA) is 40.2 Å². The quantitative estimate of drug-likeness (QED) is 0.186. The third-order valence-corrected chi connectivity index (χ3v) is 9.06. The van der Waals surface area contributed by atoms with Crippen LogP contribution in [0.4, 0.5) is 11.4 Å². The Labute approximate surface area is 317 Å². The van der Waals surface area contributed by atoms with Gasteiger partial charge in [0.05, 0.1) is 5.69 Å². The first kappa shape index (κ1) is 46.2. The third kappa shape index (κ3) is 13.2. The van der Waals surface area contributed by atoms with Gasteiger partial charge in [-0.05, 0) is 87.4 Å². The van der Waals surface area contributed by atoms with Gasteiger partial charge < -0.3 is 35.4 Å². The van der Waals surface area contributed by atoms with E-state index in [2.05, 4.69) is 140 Å². The van der Waals surface area contributed by atoms with E-state index in [-0.39, 0.29) is 41.6 Å². The average Bonchev–Trinajstić information content (AvgIpc) is 2.98. The average molecular weight is 743 g/mol. The second-order valence-corrected chi connectivity index (χ2v) is 14.9. The van der Waals surface area contributed by atoms with Gasteiger partial charge in [0.15, 0.2) is 0 Å². The largest absolute Gasteiger partial charge is 2.00 e. The van der Waals surface area contributed by atoms with Crippen LogP contribution in [-0.2, 0) is 23.3 Å². The molecule has 3 aromatic rings. The van der Waals surface area contributed by atoms with E-state index in [1.807, 2.05) is 12.3 Å². The van der Waals surface area contributed by atoms with Gasteiger partial charge in [-0.25, -0.2) is 0 Å². The van der Waals surface area contributed by atoms with Crippen molar-refractivity contribution in [2.45, 2.75) is 132 Å². The van der Waals surface area contributed by atoms with Crippen molar-refractivity contribution in [3.8, 4) is 0 Å². The summed E-state index contributed by atoms with van der Waals surface area (Å²) < 4.78 is 0. The van der Waals surface area contributed by atoms with E-state index >= 15 is 0 Å². The normalized spacial score (nSPS) is 11.4. The molecular weight excluding hydrogens is 678 g/mol. The molecule has 1 heterocycles. The molecule has 271 valence electrons. The molecule has 2 N–H and O–H groups in total. The van der Waals surface area contributed by atoms with E-state index in [4.69, 9.17) is 0 Å². The molecule has 0 fully saturated rings. The van der Waals surface area contributed by atoms with Crippen LogP contribution in [0.15, 0.2) is 48.7 Å². The molecule has 0 aliphatic carbocycles. The van der Waals surface area contributed by atoms with E-state index < -0.39 is 0 Å². The second kappa shape index (κ2) is 22.1. The van der Waals surface area contributed by atoms with Crippen LogP contribution in [0.3, 0.4) is 0 Å². The fourth-order valence-electron chi connectivity index (χ4n) is 6.17. The molecule has 7 heteroatoms. The Morgan fingerprint density at radius 2 is 0.979 bits per heavy atom. The Balaban J connectivity index is 0.00000736. The number of benzene rings is 2. The summed E-state index contributed by atoms with van der Waals surface area (Å²) in [5.74, 6) is 2.97. The van der Waals surface area contributed by atoms with E-state index in [1.165, 1.54) is 44.8 Å². The van der Waals surface area contributed by atoms with Gasteiger partial charge in [0.25, 0.3) is 0 Å². The molecule has 1 aromatic heterocycles. The Hall–Kier alpha value is -1.76. The first-order valence-electron chi connectivity index (χ1n) is 17.7. The summed E-state index contributed by atoms with van der Waals surface area (Å²) in [4.78, 5) is 7.24. The number of nitrogens with zero attached hydrogens (tertiary/aromatic N) is 2. The van der Waals surface area contributed by atoms with Gasteiger partial charge in [-0.3, -0.25) is 9.88 Å². The fourth-order valence-corrected chi connectivity index (χ4v) is 6.17. The Morgan fingerprint density at radius 1 is 0.562 bits per heavy atom. The molecule has 0 amide bonds. The van der Waals surface area contributed by atoms with Gasteiger partial charge in [0.2, 0.25) is 0 Å². The maximum atomic E-state index is 4.67. The molecule has 0 saturated carbocycles. The third-order valence-electron chi connectivity index (χ3n) is 9.06. The number of nitrogens with one attached hydrogen (secondary N) is 2. The summed E-state index contributed by atoms with van der Waals surface area (Å²) >= 11 is 0. The molecule has 1 radical (unpaired) electrons. The predicted molar refractivity (Wildman–Crippen MR) is 199 cm³/mol. The van der Waals surface area contributed by atoms with Crippen molar-refractivity contribution in [1.29, 1.82) is 0 Å². The van der Waals surface area contributed by atoms with Gasteiger partial charge in [-0.15, -0.1) is 0 Å². The van der Waals surface area contributed by atoms with E-state index in [0.717, 1.165) is 44.8 Å². The molecule has 0 spiro atoms. The van der Waals surface area contributed by atoms with E-state index in [1.54, 1.807) is 0 Å². The second-order valence-electron chi connectivity index (χ2n) is 14.9. The van der Waals surface area contributed by atoms with Gasteiger partial charge >= 0.3 is 16.8 Å². The standard InChI is InChI=1S/C41H64N4.2ClH.Co/c1-27(2)33-22-36(29(5)6)40(37(23-33)30(7)8)43-18-15-20-45(26-35-16-13-14-17-42-35)21-19-44-41-38(31(9)10)24-34(28(3)4)25-39(41)32(11)12;;;/h13-14,16-17,22-25,27-32,43-44H,15,18-21,26H2,1-12H3;2*1H;/q;;;+2/p-2. The zero-order valence-electron chi connectivity index (χ0n) is 31.8. The van der Waals surface area contributed by atoms with Crippen molar-refractivity contribution < 1.29 is 41.6 Å². The van der Waals surface area contributed by atoms with Crippen LogP contribution in [0.2, 0.25) is 0 Å². The predicted octanol–water partition coefficient (Wildman–Crippen LogP) is 5.24. The molecule has 0 atom stereocenters. The number of rotatable bonds is 17. The SMILES string of the molecule is CC(C)c1cc(C(C)C)c(NCCCN(CCNc2c(C(C)C)cc(C(C)C)cc2C(C)C)Cc2ccccn2)c(C(C)C)c1.[Cl-].[Cl-].[Co+2]. The molecule has 0 unspecified atom stereocenters. The van der Waals surface area contributed by atoms with Crippen LogP contribution in [0, 0.1) is 0 Å². The van der Waals surface area contributed by atoms with Crippen LogP contribution in [0.1, 0.15) is 164 Å². The first-order chi connectivity index (χ1) is 21.3.